The predicted molar refractivity (Wildman–Crippen MR) is 86.1 cm³/mol. The molecule has 0 saturated carbocycles. The summed E-state index contributed by atoms with van der Waals surface area (Å²) in [7, 11) is 1.64. The molecule has 0 bridgehead atoms. The van der Waals surface area contributed by atoms with Gasteiger partial charge in [0.15, 0.2) is 0 Å². The van der Waals surface area contributed by atoms with Gasteiger partial charge in [0.1, 0.15) is 11.4 Å². The second-order valence-electron chi connectivity index (χ2n) is 5.05. The lowest BCUT2D eigenvalue weighted by Crippen LogP contribution is -2.12. The lowest BCUT2D eigenvalue weighted by Gasteiger charge is -2.04. The van der Waals surface area contributed by atoms with E-state index in [4.69, 9.17) is 10.5 Å². The van der Waals surface area contributed by atoms with Crippen LogP contribution in [0.4, 0.5) is 0 Å². The Morgan fingerprint density at radius 2 is 2.00 bits per heavy atom. The molecule has 2 N–H and O–H groups in total. The highest BCUT2D eigenvalue weighted by molar-refractivity contribution is 5.91. The van der Waals surface area contributed by atoms with Crippen LogP contribution >= 0.6 is 0 Å². The minimum Gasteiger partial charge on any atom is -0.497 e. The molecule has 0 radical (unpaired) electrons. The highest BCUT2D eigenvalue weighted by Crippen LogP contribution is 2.17. The van der Waals surface area contributed by atoms with Crippen LogP contribution in [-0.4, -0.2) is 27.8 Å². The van der Waals surface area contributed by atoms with E-state index in [0.717, 1.165) is 16.9 Å². The first-order valence-electron chi connectivity index (χ1n) is 7.08. The van der Waals surface area contributed by atoms with E-state index in [2.05, 4.69) is 10.1 Å². The summed E-state index contributed by atoms with van der Waals surface area (Å²) < 4.78 is 6.96. The number of nitrogens with zero attached hydrogens (tertiary/aromatic N) is 3. The molecule has 6 nitrogen and oxygen atoms in total. The Morgan fingerprint density at radius 1 is 1.22 bits per heavy atom. The van der Waals surface area contributed by atoms with Crippen molar-refractivity contribution in [2.24, 2.45) is 5.73 Å². The zero-order valence-corrected chi connectivity index (χ0v) is 12.6. The van der Waals surface area contributed by atoms with Gasteiger partial charge in [0.25, 0.3) is 5.91 Å². The highest BCUT2D eigenvalue weighted by atomic mass is 16.5. The quantitative estimate of drug-likeness (QED) is 0.782. The number of benzene rings is 1. The molecule has 0 unspecified atom stereocenters. The summed E-state index contributed by atoms with van der Waals surface area (Å²) in [4.78, 5) is 15.5. The van der Waals surface area contributed by atoms with Crippen LogP contribution in [0.25, 0.3) is 11.3 Å². The van der Waals surface area contributed by atoms with Crippen molar-refractivity contribution in [3.8, 4) is 17.0 Å². The molecule has 116 valence electrons. The molecular weight excluding hydrogens is 292 g/mol. The van der Waals surface area contributed by atoms with Gasteiger partial charge in [0.05, 0.1) is 25.5 Å². The van der Waals surface area contributed by atoms with E-state index >= 15 is 0 Å². The molecule has 0 aliphatic carbocycles. The molecule has 3 aromatic rings. The van der Waals surface area contributed by atoms with Crippen molar-refractivity contribution in [3.63, 3.8) is 0 Å². The summed E-state index contributed by atoms with van der Waals surface area (Å²) in [5, 5.41) is 4.33. The Hall–Kier alpha value is -3.15. The third kappa shape index (κ3) is 3.37. The van der Waals surface area contributed by atoms with Crippen molar-refractivity contribution >= 4 is 5.91 Å². The van der Waals surface area contributed by atoms with Gasteiger partial charge in [0, 0.05) is 11.8 Å². The number of pyridine rings is 1. The second kappa shape index (κ2) is 6.31. The fourth-order valence-corrected chi connectivity index (χ4v) is 2.23. The molecule has 0 saturated heterocycles. The van der Waals surface area contributed by atoms with Crippen molar-refractivity contribution in [1.29, 1.82) is 0 Å². The van der Waals surface area contributed by atoms with Gasteiger partial charge in [-0.15, -0.1) is 0 Å². The van der Waals surface area contributed by atoms with E-state index in [1.807, 2.05) is 41.2 Å². The molecule has 1 aromatic carbocycles. The Kier molecular flexibility index (Phi) is 4.05. The molecule has 0 fully saturated rings. The van der Waals surface area contributed by atoms with Gasteiger partial charge in [-0.1, -0.05) is 18.2 Å². The molecule has 0 aliphatic heterocycles. The summed E-state index contributed by atoms with van der Waals surface area (Å²) in [6.07, 6.45) is 3.61. The first-order chi connectivity index (χ1) is 11.2. The molecule has 23 heavy (non-hydrogen) atoms. The topological polar surface area (TPSA) is 83.0 Å². The van der Waals surface area contributed by atoms with Gasteiger partial charge in [-0.25, -0.2) is 4.98 Å². The zero-order valence-electron chi connectivity index (χ0n) is 12.6. The van der Waals surface area contributed by atoms with E-state index < -0.39 is 5.91 Å². The maximum Gasteiger partial charge on any atom is 0.267 e. The number of primary amides is 1. The second-order valence-corrected chi connectivity index (χ2v) is 5.05. The molecule has 0 aliphatic rings. The minimum absolute atomic E-state index is 0.241. The SMILES string of the molecule is COc1ccc(Cn2cc(-c3cccc(C(N)=O)n3)cn2)cc1. The van der Waals surface area contributed by atoms with Gasteiger partial charge in [-0.05, 0) is 29.8 Å². The van der Waals surface area contributed by atoms with Crippen molar-refractivity contribution in [3.05, 3.63) is 66.1 Å². The number of ether oxygens (including phenoxy) is 1. The number of amides is 1. The predicted octanol–water partition coefficient (Wildman–Crippen LogP) is 2.10. The number of carbonyl (C=O) groups excluding carboxylic acids is 1. The van der Waals surface area contributed by atoms with Crippen LogP contribution in [0.5, 0.6) is 5.75 Å². The molecule has 6 heteroatoms. The van der Waals surface area contributed by atoms with Crippen molar-refractivity contribution in [2.45, 2.75) is 6.54 Å². The number of hydrogen-bond donors (Lipinski definition) is 1. The van der Waals surface area contributed by atoms with E-state index in [1.54, 1.807) is 25.4 Å². The third-order valence-corrected chi connectivity index (χ3v) is 3.43. The van der Waals surface area contributed by atoms with Crippen molar-refractivity contribution < 1.29 is 9.53 Å². The highest BCUT2D eigenvalue weighted by Gasteiger charge is 2.07. The number of aromatic nitrogens is 3. The van der Waals surface area contributed by atoms with Gasteiger partial charge < -0.3 is 10.5 Å². The standard InChI is InChI=1S/C17H16N4O2/c1-23-14-7-5-12(6-8-14)10-21-11-13(9-19-21)15-3-2-4-16(20-15)17(18)22/h2-9,11H,10H2,1H3,(H2,18,22). The van der Waals surface area contributed by atoms with Gasteiger partial charge in [-0.2, -0.15) is 5.10 Å². The third-order valence-electron chi connectivity index (χ3n) is 3.43. The normalized spacial score (nSPS) is 10.5. The number of nitrogens with two attached hydrogens (primary N) is 1. The first-order valence-corrected chi connectivity index (χ1v) is 7.08. The molecule has 0 spiro atoms. The van der Waals surface area contributed by atoms with Crippen LogP contribution < -0.4 is 10.5 Å². The average molecular weight is 308 g/mol. The number of rotatable bonds is 5. The number of hydrogen-bond acceptors (Lipinski definition) is 4. The Balaban J connectivity index is 1.79. The van der Waals surface area contributed by atoms with Gasteiger partial charge >= 0.3 is 0 Å². The summed E-state index contributed by atoms with van der Waals surface area (Å²) in [5.74, 6) is 0.278. The van der Waals surface area contributed by atoms with Crippen molar-refractivity contribution in [2.75, 3.05) is 7.11 Å². The lowest BCUT2D eigenvalue weighted by molar-refractivity contribution is 0.0995. The van der Waals surface area contributed by atoms with Crippen LogP contribution in [0.2, 0.25) is 0 Å². The van der Waals surface area contributed by atoms with E-state index in [-0.39, 0.29) is 5.69 Å². The molecule has 3 rings (SSSR count). The number of methoxy groups -OCH3 is 1. The fourth-order valence-electron chi connectivity index (χ4n) is 2.23. The summed E-state index contributed by atoms with van der Waals surface area (Å²) in [6, 6.07) is 13.0. The first kappa shape index (κ1) is 14.8. The van der Waals surface area contributed by atoms with Crippen LogP contribution in [-0.2, 0) is 6.54 Å². The lowest BCUT2D eigenvalue weighted by atomic mass is 10.2. The molecule has 0 atom stereocenters. The number of carbonyl (C=O) groups is 1. The van der Waals surface area contributed by atoms with Crippen LogP contribution in [0.1, 0.15) is 16.1 Å². The largest absolute Gasteiger partial charge is 0.497 e. The smallest absolute Gasteiger partial charge is 0.267 e. The minimum atomic E-state index is -0.544. The van der Waals surface area contributed by atoms with Crippen LogP contribution in [0.3, 0.4) is 0 Å². The van der Waals surface area contributed by atoms with Crippen LogP contribution in [0.15, 0.2) is 54.9 Å². The fraction of sp³-hybridized carbons (Fsp3) is 0.118. The van der Waals surface area contributed by atoms with E-state index in [0.29, 0.717) is 12.2 Å². The van der Waals surface area contributed by atoms with E-state index in [1.165, 1.54) is 0 Å². The molecular formula is C17H16N4O2. The Bertz CT molecular complexity index is 825. The summed E-state index contributed by atoms with van der Waals surface area (Å²) >= 11 is 0. The molecule has 1 amide bonds. The van der Waals surface area contributed by atoms with Crippen molar-refractivity contribution in [1.82, 2.24) is 14.8 Å². The monoisotopic (exact) mass is 308 g/mol. The molecule has 2 heterocycles. The maximum atomic E-state index is 11.2. The van der Waals surface area contributed by atoms with E-state index in [9.17, 15) is 4.79 Å². The van der Waals surface area contributed by atoms with Crippen LogP contribution in [0, 0.1) is 0 Å². The summed E-state index contributed by atoms with van der Waals surface area (Å²) in [6.45, 7) is 0.638. The maximum absolute atomic E-state index is 11.2. The Labute approximate surface area is 133 Å². The average Bonchev–Trinajstić information content (AvgIpc) is 3.04. The summed E-state index contributed by atoms with van der Waals surface area (Å²) in [5.41, 5.74) is 8.11. The van der Waals surface area contributed by atoms with Gasteiger partial charge in [0.2, 0.25) is 0 Å². The Morgan fingerprint density at radius 3 is 2.70 bits per heavy atom. The van der Waals surface area contributed by atoms with Gasteiger partial charge in [-0.3, -0.25) is 9.48 Å². The zero-order chi connectivity index (χ0) is 16.2. The molecule has 2 aromatic heterocycles.